The minimum absolute atomic E-state index is 0.174. The fraction of sp³-hybridized carbons (Fsp3) is 0.733. The average molecular weight is 284 g/mol. The molecule has 0 amide bonds. The minimum atomic E-state index is 0.174. The van der Waals surface area contributed by atoms with Gasteiger partial charge in [-0.05, 0) is 46.4 Å². The molecule has 0 aliphatic heterocycles. The van der Waals surface area contributed by atoms with E-state index in [9.17, 15) is 0 Å². The molecule has 0 spiro atoms. The molecule has 1 aromatic heterocycles. The number of thiophene rings is 1. The Hall–Kier alpha value is -0.420. The molecule has 0 unspecified atom stereocenters. The molecule has 1 aromatic rings. The van der Waals surface area contributed by atoms with E-state index in [0.717, 1.165) is 26.2 Å². The first-order valence-corrected chi connectivity index (χ1v) is 7.64. The molecule has 3 nitrogen and oxygen atoms in total. The molecular formula is C15H28N2OS. The Kier molecular flexibility index (Phi) is 6.47. The van der Waals surface area contributed by atoms with Crippen LogP contribution in [0, 0.1) is 6.92 Å². The molecule has 0 bridgehead atoms. The van der Waals surface area contributed by atoms with Crippen LogP contribution in [0.4, 0.5) is 0 Å². The van der Waals surface area contributed by atoms with Crippen LogP contribution in [0.25, 0.3) is 0 Å². The third kappa shape index (κ3) is 6.52. The highest BCUT2D eigenvalue weighted by atomic mass is 32.1. The van der Waals surface area contributed by atoms with Crippen LogP contribution in [0.15, 0.2) is 6.07 Å². The van der Waals surface area contributed by atoms with E-state index in [-0.39, 0.29) is 5.54 Å². The van der Waals surface area contributed by atoms with Crippen molar-refractivity contribution in [2.24, 2.45) is 0 Å². The molecule has 0 fully saturated rings. The van der Waals surface area contributed by atoms with Gasteiger partial charge in [-0.15, -0.1) is 11.3 Å². The molecule has 0 saturated heterocycles. The maximum absolute atomic E-state index is 5.11. The van der Waals surface area contributed by atoms with Crippen molar-refractivity contribution >= 4 is 11.3 Å². The highest BCUT2D eigenvalue weighted by molar-refractivity contribution is 7.12. The number of ether oxygens (including phenoxy) is 1. The molecule has 0 aromatic carbocycles. The molecule has 0 aliphatic rings. The van der Waals surface area contributed by atoms with Crippen molar-refractivity contribution in [3.63, 3.8) is 0 Å². The maximum Gasteiger partial charge on any atom is 0.0589 e. The zero-order valence-electron chi connectivity index (χ0n) is 13.2. The van der Waals surface area contributed by atoms with Gasteiger partial charge in [0.15, 0.2) is 0 Å². The van der Waals surface area contributed by atoms with Gasteiger partial charge in [-0.1, -0.05) is 0 Å². The lowest BCUT2D eigenvalue weighted by Gasteiger charge is -2.19. The van der Waals surface area contributed by atoms with Gasteiger partial charge in [-0.2, -0.15) is 0 Å². The van der Waals surface area contributed by atoms with E-state index in [1.165, 1.54) is 15.3 Å². The van der Waals surface area contributed by atoms with E-state index < -0.39 is 0 Å². The Balaban J connectivity index is 2.54. The predicted molar refractivity (Wildman–Crippen MR) is 83.9 cm³/mol. The Morgan fingerprint density at radius 1 is 1.37 bits per heavy atom. The molecule has 0 aliphatic carbocycles. The lowest BCUT2D eigenvalue weighted by atomic mass is 10.1. The van der Waals surface area contributed by atoms with Crippen molar-refractivity contribution < 1.29 is 4.74 Å². The lowest BCUT2D eigenvalue weighted by Crippen LogP contribution is -2.34. The van der Waals surface area contributed by atoms with Crippen molar-refractivity contribution in [3.8, 4) is 0 Å². The summed E-state index contributed by atoms with van der Waals surface area (Å²) in [6.07, 6.45) is 0. The van der Waals surface area contributed by atoms with Crippen molar-refractivity contribution in [2.75, 3.05) is 27.3 Å². The van der Waals surface area contributed by atoms with Crippen LogP contribution >= 0.6 is 11.3 Å². The van der Waals surface area contributed by atoms with E-state index in [1.54, 1.807) is 7.11 Å². The predicted octanol–water partition coefficient (Wildman–Crippen LogP) is 3.02. The first kappa shape index (κ1) is 16.6. The van der Waals surface area contributed by atoms with E-state index in [1.807, 2.05) is 11.3 Å². The molecule has 4 heteroatoms. The summed E-state index contributed by atoms with van der Waals surface area (Å²) in [7, 11) is 3.89. The van der Waals surface area contributed by atoms with Gasteiger partial charge in [-0.3, -0.25) is 4.90 Å². The Labute approximate surface area is 122 Å². The van der Waals surface area contributed by atoms with Crippen molar-refractivity contribution in [1.82, 2.24) is 10.2 Å². The Bertz CT molecular complexity index is 382. The summed E-state index contributed by atoms with van der Waals surface area (Å²) in [5.41, 5.74) is 1.61. The Morgan fingerprint density at radius 2 is 2.05 bits per heavy atom. The van der Waals surface area contributed by atoms with Gasteiger partial charge in [-0.25, -0.2) is 0 Å². The monoisotopic (exact) mass is 284 g/mol. The van der Waals surface area contributed by atoms with Crippen molar-refractivity contribution in [2.45, 2.75) is 46.3 Å². The molecule has 19 heavy (non-hydrogen) atoms. The number of hydrogen-bond acceptors (Lipinski definition) is 4. The smallest absolute Gasteiger partial charge is 0.0589 e. The van der Waals surface area contributed by atoms with E-state index in [4.69, 9.17) is 4.74 Å². The number of nitrogens with one attached hydrogen (secondary N) is 1. The highest BCUT2D eigenvalue weighted by Gasteiger charge is 2.12. The molecule has 0 saturated carbocycles. The molecule has 0 radical (unpaired) electrons. The maximum atomic E-state index is 5.11. The number of rotatable bonds is 7. The summed E-state index contributed by atoms with van der Waals surface area (Å²) in [6.45, 7) is 12.5. The summed E-state index contributed by atoms with van der Waals surface area (Å²) in [4.78, 5) is 5.15. The highest BCUT2D eigenvalue weighted by Crippen LogP contribution is 2.23. The van der Waals surface area contributed by atoms with Crippen LogP contribution in [-0.4, -0.2) is 37.7 Å². The summed E-state index contributed by atoms with van der Waals surface area (Å²) < 4.78 is 5.11. The van der Waals surface area contributed by atoms with Crippen LogP contribution in [-0.2, 0) is 17.8 Å². The normalized spacial score (nSPS) is 12.4. The summed E-state index contributed by atoms with van der Waals surface area (Å²) >= 11 is 1.90. The molecule has 110 valence electrons. The van der Waals surface area contributed by atoms with Gasteiger partial charge in [0, 0.05) is 42.0 Å². The van der Waals surface area contributed by atoms with E-state index in [0.29, 0.717) is 0 Å². The fourth-order valence-electron chi connectivity index (χ4n) is 1.80. The lowest BCUT2D eigenvalue weighted by molar-refractivity contribution is 0.158. The number of likely N-dealkylation sites (N-methyl/N-ethyl adjacent to an activating group) is 1. The fourth-order valence-corrected chi connectivity index (χ4v) is 2.79. The first-order chi connectivity index (χ1) is 8.81. The SMILES string of the molecule is COCCN(C)Cc1cc(CNC(C)(C)C)sc1C. The number of hydrogen-bond donors (Lipinski definition) is 1. The number of nitrogens with zero attached hydrogens (tertiary/aromatic N) is 1. The summed E-state index contributed by atoms with van der Waals surface area (Å²) in [5, 5.41) is 3.54. The molecule has 0 atom stereocenters. The Morgan fingerprint density at radius 3 is 2.63 bits per heavy atom. The third-order valence-corrected chi connectivity index (χ3v) is 4.07. The molecule has 1 rings (SSSR count). The van der Waals surface area contributed by atoms with Crippen LogP contribution in [0.5, 0.6) is 0 Å². The van der Waals surface area contributed by atoms with Gasteiger partial charge in [0.05, 0.1) is 6.61 Å². The van der Waals surface area contributed by atoms with Gasteiger partial charge in [0.25, 0.3) is 0 Å². The zero-order valence-corrected chi connectivity index (χ0v) is 14.0. The van der Waals surface area contributed by atoms with E-state index in [2.05, 4.69) is 51.0 Å². The van der Waals surface area contributed by atoms with Gasteiger partial charge >= 0.3 is 0 Å². The average Bonchev–Trinajstić information content (AvgIpc) is 2.64. The van der Waals surface area contributed by atoms with Gasteiger partial charge < -0.3 is 10.1 Å². The second-order valence-electron chi connectivity index (χ2n) is 6.13. The van der Waals surface area contributed by atoms with E-state index >= 15 is 0 Å². The van der Waals surface area contributed by atoms with Crippen LogP contribution in [0.3, 0.4) is 0 Å². The minimum Gasteiger partial charge on any atom is -0.383 e. The second kappa shape index (κ2) is 7.39. The van der Waals surface area contributed by atoms with Gasteiger partial charge in [0.2, 0.25) is 0 Å². The molecular weight excluding hydrogens is 256 g/mol. The number of aryl methyl sites for hydroxylation is 1. The van der Waals surface area contributed by atoms with Crippen LogP contribution in [0.2, 0.25) is 0 Å². The van der Waals surface area contributed by atoms with Crippen LogP contribution in [0.1, 0.15) is 36.1 Å². The van der Waals surface area contributed by atoms with Crippen molar-refractivity contribution in [3.05, 3.63) is 21.4 Å². The third-order valence-electron chi connectivity index (χ3n) is 2.98. The van der Waals surface area contributed by atoms with Gasteiger partial charge in [0.1, 0.15) is 0 Å². The first-order valence-electron chi connectivity index (χ1n) is 6.82. The van der Waals surface area contributed by atoms with Crippen LogP contribution < -0.4 is 5.32 Å². The van der Waals surface area contributed by atoms with Crippen molar-refractivity contribution in [1.29, 1.82) is 0 Å². The number of methoxy groups -OCH3 is 1. The quantitative estimate of drug-likeness (QED) is 0.833. The zero-order chi connectivity index (χ0) is 14.5. The molecule has 1 heterocycles. The second-order valence-corrected chi connectivity index (χ2v) is 7.47. The standard InChI is InChI=1S/C15H28N2OS/c1-12-13(11-17(5)7-8-18-6)9-14(19-12)10-16-15(2,3)4/h9,16H,7-8,10-11H2,1-6H3. The summed E-state index contributed by atoms with van der Waals surface area (Å²) in [6, 6.07) is 2.34. The largest absolute Gasteiger partial charge is 0.383 e. The molecule has 1 N–H and O–H groups in total. The topological polar surface area (TPSA) is 24.5 Å². The summed E-state index contributed by atoms with van der Waals surface area (Å²) in [5.74, 6) is 0.